The minimum absolute atomic E-state index is 0.0752. The van der Waals surface area contributed by atoms with Gasteiger partial charge < -0.3 is 9.88 Å². The van der Waals surface area contributed by atoms with Gasteiger partial charge in [0.1, 0.15) is 5.82 Å². The summed E-state index contributed by atoms with van der Waals surface area (Å²) in [7, 11) is 1.66. The standard InChI is InChI=1S/C23H27N3OS/c1-15-7-6-8-17(13-15)26-20-12-11-16(23(27)24-2)14-19(20)25-22(26)18-9-4-5-10-21(18)28-3/h4-5,9-12,14-15,17H,6-8,13H2,1-3H3,(H,24,27). The van der Waals surface area contributed by atoms with Gasteiger partial charge in [-0.05, 0) is 49.3 Å². The van der Waals surface area contributed by atoms with Crippen molar-refractivity contribution in [2.45, 2.75) is 43.5 Å². The summed E-state index contributed by atoms with van der Waals surface area (Å²) in [6.45, 7) is 2.35. The zero-order valence-electron chi connectivity index (χ0n) is 16.7. The molecule has 1 heterocycles. The Labute approximate surface area is 170 Å². The number of hydrogen-bond acceptors (Lipinski definition) is 3. The average molecular weight is 394 g/mol. The first-order valence-electron chi connectivity index (χ1n) is 9.99. The van der Waals surface area contributed by atoms with E-state index in [-0.39, 0.29) is 5.91 Å². The van der Waals surface area contributed by atoms with E-state index in [0.717, 1.165) is 22.8 Å². The summed E-state index contributed by atoms with van der Waals surface area (Å²) in [5.41, 5.74) is 3.84. The van der Waals surface area contributed by atoms with Crippen molar-refractivity contribution >= 4 is 28.7 Å². The zero-order chi connectivity index (χ0) is 19.7. The van der Waals surface area contributed by atoms with Crippen molar-refractivity contribution in [2.75, 3.05) is 13.3 Å². The molecule has 0 spiro atoms. The second-order valence-corrected chi connectivity index (χ2v) is 8.56. The van der Waals surface area contributed by atoms with E-state index in [0.29, 0.717) is 11.6 Å². The molecule has 1 aromatic heterocycles. The van der Waals surface area contributed by atoms with Crippen LogP contribution in [0.4, 0.5) is 0 Å². The maximum Gasteiger partial charge on any atom is 0.251 e. The Morgan fingerprint density at radius 1 is 1.21 bits per heavy atom. The lowest BCUT2D eigenvalue weighted by molar-refractivity contribution is 0.0963. The molecule has 0 radical (unpaired) electrons. The molecule has 1 N–H and O–H groups in total. The summed E-state index contributed by atoms with van der Waals surface area (Å²) in [5.74, 6) is 1.67. The number of rotatable bonds is 4. The fraction of sp³-hybridized carbons (Fsp3) is 0.391. The molecule has 5 heteroatoms. The number of nitrogens with zero attached hydrogens (tertiary/aromatic N) is 2. The number of amides is 1. The highest BCUT2D eigenvalue weighted by Gasteiger charge is 2.26. The third-order valence-electron chi connectivity index (χ3n) is 5.80. The van der Waals surface area contributed by atoms with Crippen LogP contribution in [0.15, 0.2) is 47.4 Å². The minimum atomic E-state index is -0.0752. The first-order chi connectivity index (χ1) is 13.6. The molecule has 4 rings (SSSR count). The Bertz CT molecular complexity index is 1010. The fourth-order valence-electron chi connectivity index (χ4n) is 4.41. The number of thioether (sulfide) groups is 1. The Balaban J connectivity index is 1.93. The van der Waals surface area contributed by atoms with Gasteiger partial charge in [-0.3, -0.25) is 4.79 Å². The summed E-state index contributed by atoms with van der Waals surface area (Å²) >= 11 is 1.75. The summed E-state index contributed by atoms with van der Waals surface area (Å²) in [6.07, 6.45) is 7.03. The smallest absolute Gasteiger partial charge is 0.251 e. The number of fused-ring (bicyclic) bond motifs is 1. The van der Waals surface area contributed by atoms with E-state index in [1.807, 2.05) is 12.1 Å². The van der Waals surface area contributed by atoms with Gasteiger partial charge in [-0.2, -0.15) is 0 Å². The number of benzene rings is 2. The van der Waals surface area contributed by atoms with Gasteiger partial charge in [0.25, 0.3) is 5.91 Å². The van der Waals surface area contributed by atoms with Crippen molar-refractivity contribution in [1.82, 2.24) is 14.9 Å². The summed E-state index contributed by atoms with van der Waals surface area (Å²) in [5, 5.41) is 2.71. The van der Waals surface area contributed by atoms with Gasteiger partial charge in [-0.15, -0.1) is 11.8 Å². The molecule has 4 nitrogen and oxygen atoms in total. The van der Waals surface area contributed by atoms with Crippen LogP contribution in [0.2, 0.25) is 0 Å². The van der Waals surface area contributed by atoms with Gasteiger partial charge in [0.05, 0.1) is 11.0 Å². The number of carbonyl (C=O) groups excluding carboxylic acids is 1. The van der Waals surface area contributed by atoms with Crippen LogP contribution in [0.3, 0.4) is 0 Å². The van der Waals surface area contributed by atoms with Crippen LogP contribution in [-0.2, 0) is 0 Å². The minimum Gasteiger partial charge on any atom is -0.355 e. The molecule has 1 amide bonds. The number of hydrogen-bond donors (Lipinski definition) is 1. The van der Waals surface area contributed by atoms with Crippen LogP contribution in [0.1, 0.15) is 49.0 Å². The number of aromatic nitrogens is 2. The Kier molecular flexibility index (Phi) is 5.44. The molecular formula is C23H27N3OS. The second kappa shape index (κ2) is 8.00. The molecular weight excluding hydrogens is 366 g/mol. The highest BCUT2D eigenvalue weighted by Crippen LogP contribution is 2.40. The van der Waals surface area contributed by atoms with E-state index >= 15 is 0 Å². The van der Waals surface area contributed by atoms with Crippen LogP contribution in [0.25, 0.3) is 22.4 Å². The number of carbonyl (C=O) groups is 1. The Hall–Kier alpha value is -2.27. The quantitative estimate of drug-likeness (QED) is 0.592. The first-order valence-corrected chi connectivity index (χ1v) is 11.2. The molecule has 1 saturated carbocycles. The average Bonchev–Trinajstić information content (AvgIpc) is 3.11. The molecule has 2 aromatic carbocycles. The van der Waals surface area contributed by atoms with Crippen molar-refractivity contribution in [3.8, 4) is 11.4 Å². The molecule has 0 aliphatic heterocycles. The predicted octanol–water partition coefficient (Wildman–Crippen LogP) is 5.54. The molecule has 1 aliphatic carbocycles. The summed E-state index contributed by atoms with van der Waals surface area (Å²) in [6, 6.07) is 14.8. The molecule has 3 aromatic rings. The second-order valence-electron chi connectivity index (χ2n) is 7.71. The van der Waals surface area contributed by atoms with E-state index < -0.39 is 0 Å². The van der Waals surface area contributed by atoms with Crippen LogP contribution in [0, 0.1) is 5.92 Å². The van der Waals surface area contributed by atoms with Gasteiger partial charge in [0.15, 0.2) is 0 Å². The Morgan fingerprint density at radius 3 is 2.79 bits per heavy atom. The highest BCUT2D eigenvalue weighted by molar-refractivity contribution is 7.98. The van der Waals surface area contributed by atoms with Gasteiger partial charge in [-0.25, -0.2) is 4.98 Å². The molecule has 0 bridgehead atoms. The molecule has 1 aliphatic rings. The van der Waals surface area contributed by atoms with Gasteiger partial charge >= 0.3 is 0 Å². The maximum absolute atomic E-state index is 12.1. The zero-order valence-corrected chi connectivity index (χ0v) is 17.6. The lowest BCUT2D eigenvalue weighted by Gasteiger charge is -2.30. The molecule has 146 valence electrons. The lowest BCUT2D eigenvalue weighted by Crippen LogP contribution is -2.19. The number of nitrogens with one attached hydrogen (secondary N) is 1. The van der Waals surface area contributed by atoms with E-state index in [1.54, 1.807) is 18.8 Å². The third kappa shape index (κ3) is 3.44. The van der Waals surface area contributed by atoms with Crippen molar-refractivity contribution in [3.05, 3.63) is 48.0 Å². The summed E-state index contributed by atoms with van der Waals surface area (Å²) in [4.78, 5) is 18.4. The predicted molar refractivity (Wildman–Crippen MR) is 117 cm³/mol. The van der Waals surface area contributed by atoms with E-state index in [2.05, 4.69) is 53.4 Å². The van der Waals surface area contributed by atoms with Crippen molar-refractivity contribution in [1.29, 1.82) is 0 Å². The van der Waals surface area contributed by atoms with Crippen molar-refractivity contribution in [2.24, 2.45) is 5.92 Å². The lowest BCUT2D eigenvalue weighted by atomic mass is 9.86. The van der Waals surface area contributed by atoms with Gasteiger partial charge in [0.2, 0.25) is 0 Å². The van der Waals surface area contributed by atoms with Crippen LogP contribution >= 0.6 is 11.8 Å². The highest BCUT2D eigenvalue weighted by atomic mass is 32.2. The van der Waals surface area contributed by atoms with Crippen LogP contribution in [-0.4, -0.2) is 28.8 Å². The molecule has 0 saturated heterocycles. The normalized spacial score (nSPS) is 19.7. The molecule has 1 fully saturated rings. The fourth-order valence-corrected chi connectivity index (χ4v) is 5.00. The molecule has 2 unspecified atom stereocenters. The third-order valence-corrected chi connectivity index (χ3v) is 6.60. The van der Waals surface area contributed by atoms with E-state index in [9.17, 15) is 4.79 Å². The molecule has 2 atom stereocenters. The van der Waals surface area contributed by atoms with Crippen LogP contribution < -0.4 is 5.32 Å². The topological polar surface area (TPSA) is 46.9 Å². The van der Waals surface area contributed by atoms with E-state index in [4.69, 9.17) is 4.98 Å². The van der Waals surface area contributed by atoms with Crippen LogP contribution in [0.5, 0.6) is 0 Å². The van der Waals surface area contributed by atoms with E-state index in [1.165, 1.54) is 36.1 Å². The van der Waals surface area contributed by atoms with Crippen molar-refractivity contribution in [3.63, 3.8) is 0 Å². The first kappa shape index (κ1) is 19.1. The summed E-state index contributed by atoms with van der Waals surface area (Å²) < 4.78 is 2.44. The largest absolute Gasteiger partial charge is 0.355 e. The van der Waals surface area contributed by atoms with Gasteiger partial charge in [0, 0.05) is 29.1 Å². The monoisotopic (exact) mass is 393 g/mol. The Morgan fingerprint density at radius 2 is 2.04 bits per heavy atom. The van der Waals surface area contributed by atoms with Gasteiger partial charge in [-0.1, -0.05) is 38.0 Å². The van der Waals surface area contributed by atoms with Crippen molar-refractivity contribution < 1.29 is 4.79 Å². The number of imidazole rings is 1. The maximum atomic E-state index is 12.1. The SMILES string of the molecule is CNC(=O)c1ccc2c(c1)nc(-c1ccccc1SC)n2C1CCCC(C)C1. The molecule has 28 heavy (non-hydrogen) atoms.